The van der Waals surface area contributed by atoms with Gasteiger partial charge >= 0.3 is 12.4 Å². The fourth-order valence-electron chi connectivity index (χ4n) is 3.78. The lowest BCUT2D eigenvalue weighted by atomic mass is 10.1. The number of benzene rings is 3. The van der Waals surface area contributed by atoms with Gasteiger partial charge in [-0.2, -0.15) is 26.3 Å². The molecule has 0 bridgehead atoms. The van der Waals surface area contributed by atoms with Crippen LogP contribution < -0.4 is 10.6 Å². The van der Waals surface area contributed by atoms with Crippen molar-refractivity contribution in [3.8, 4) is 0 Å². The van der Waals surface area contributed by atoms with Crippen LogP contribution in [-0.4, -0.2) is 21.4 Å². The Bertz CT molecular complexity index is 1550. The largest absolute Gasteiger partial charge is 0.449 e. The normalized spacial score (nSPS) is 12.0. The van der Waals surface area contributed by atoms with Crippen LogP contribution in [0.5, 0.6) is 0 Å². The Morgan fingerprint density at radius 2 is 1.51 bits per heavy atom. The van der Waals surface area contributed by atoms with Gasteiger partial charge in [0, 0.05) is 6.54 Å². The smallest absolute Gasteiger partial charge is 0.350 e. The first-order valence-electron chi connectivity index (χ1n) is 11.0. The van der Waals surface area contributed by atoms with E-state index in [0.717, 1.165) is 18.2 Å². The van der Waals surface area contributed by atoms with Gasteiger partial charge in [-0.1, -0.05) is 47.5 Å². The highest BCUT2D eigenvalue weighted by Crippen LogP contribution is 2.35. The second kappa shape index (κ2) is 10.8. The topological polar surface area (TPSA) is 76.0 Å². The molecule has 204 valence electrons. The van der Waals surface area contributed by atoms with Crippen LogP contribution in [0.4, 0.5) is 32.0 Å². The number of carbonyl (C=O) groups is 2. The molecule has 0 aliphatic heterocycles. The van der Waals surface area contributed by atoms with Crippen molar-refractivity contribution in [3.63, 3.8) is 0 Å². The Balaban J connectivity index is 1.61. The minimum Gasteiger partial charge on any atom is -0.350 e. The lowest BCUT2D eigenvalue weighted by Crippen LogP contribution is -2.29. The molecule has 6 nitrogen and oxygen atoms in total. The summed E-state index contributed by atoms with van der Waals surface area (Å²) < 4.78 is 81.0. The third kappa shape index (κ3) is 6.28. The van der Waals surface area contributed by atoms with Gasteiger partial charge in [-0.25, -0.2) is 4.98 Å². The molecule has 0 unspecified atom stereocenters. The fraction of sp³-hybridized carbons (Fsp3) is 0.160. The molecule has 0 spiro atoms. The molecule has 4 rings (SSSR count). The third-order valence-corrected chi connectivity index (χ3v) is 6.15. The van der Waals surface area contributed by atoms with Gasteiger partial charge < -0.3 is 15.2 Å². The minimum absolute atomic E-state index is 0.0196. The first-order chi connectivity index (χ1) is 18.3. The van der Waals surface area contributed by atoms with Crippen LogP contribution in [0.25, 0.3) is 11.0 Å². The van der Waals surface area contributed by atoms with Gasteiger partial charge in [0.15, 0.2) is 0 Å². The molecule has 0 saturated carbocycles. The zero-order valence-electron chi connectivity index (χ0n) is 19.4. The van der Waals surface area contributed by atoms with E-state index in [9.17, 15) is 35.9 Å². The molecule has 4 aromatic rings. The number of anilines is 1. The van der Waals surface area contributed by atoms with Crippen molar-refractivity contribution in [2.45, 2.75) is 25.4 Å². The molecule has 1 aromatic heterocycles. The lowest BCUT2D eigenvalue weighted by molar-refractivity contribution is -0.147. The maximum absolute atomic E-state index is 13.9. The van der Waals surface area contributed by atoms with Crippen molar-refractivity contribution >= 4 is 51.7 Å². The molecular formula is C25H16Cl2F6N4O2. The maximum Gasteiger partial charge on any atom is 0.449 e. The van der Waals surface area contributed by atoms with E-state index in [4.69, 9.17) is 23.2 Å². The van der Waals surface area contributed by atoms with Gasteiger partial charge in [-0.05, 0) is 42.0 Å². The predicted molar refractivity (Wildman–Crippen MR) is 132 cm³/mol. The minimum atomic E-state index is -4.98. The summed E-state index contributed by atoms with van der Waals surface area (Å²) in [5.74, 6) is -3.11. The van der Waals surface area contributed by atoms with E-state index in [0.29, 0.717) is 4.57 Å². The summed E-state index contributed by atoms with van der Waals surface area (Å²) in [6.07, 6.45) is -9.57. The first-order valence-corrected chi connectivity index (χ1v) is 11.8. The first kappa shape index (κ1) is 28.2. The number of halogens is 8. The van der Waals surface area contributed by atoms with Crippen molar-refractivity contribution in [3.05, 3.63) is 93.2 Å². The average Bonchev–Trinajstić information content (AvgIpc) is 3.22. The molecule has 1 heterocycles. The number of fused-ring (bicyclic) bond motifs is 1. The number of amides is 2. The van der Waals surface area contributed by atoms with Gasteiger partial charge in [0.1, 0.15) is 12.1 Å². The number of nitrogens with one attached hydrogen (secondary N) is 2. The highest BCUT2D eigenvalue weighted by Gasteiger charge is 2.38. The number of alkyl halides is 6. The Hall–Kier alpha value is -3.77. The Labute approximate surface area is 226 Å². The molecule has 2 amide bonds. The Kier molecular flexibility index (Phi) is 7.80. The fourth-order valence-corrected chi connectivity index (χ4v) is 4.35. The number of hydrogen-bond acceptors (Lipinski definition) is 3. The van der Waals surface area contributed by atoms with Crippen LogP contribution in [0.15, 0.2) is 60.7 Å². The van der Waals surface area contributed by atoms with Crippen molar-refractivity contribution in [2.75, 3.05) is 5.32 Å². The number of imidazole rings is 1. The molecule has 0 saturated heterocycles. The van der Waals surface area contributed by atoms with E-state index in [1.807, 2.05) is 0 Å². The Morgan fingerprint density at radius 3 is 2.15 bits per heavy atom. The van der Waals surface area contributed by atoms with E-state index in [-0.39, 0.29) is 44.4 Å². The van der Waals surface area contributed by atoms with E-state index < -0.39 is 42.1 Å². The number of aromatic nitrogens is 2. The summed E-state index contributed by atoms with van der Waals surface area (Å²) in [6.45, 7) is -1.20. The molecule has 0 aliphatic rings. The van der Waals surface area contributed by atoms with Crippen molar-refractivity contribution < 1.29 is 35.9 Å². The van der Waals surface area contributed by atoms with E-state index in [1.54, 1.807) is 0 Å². The average molecular weight is 589 g/mol. The van der Waals surface area contributed by atoms with Gasteiger partial charge in [0.25, 0.3) is 5.91 Å². The SMILES string of the molecule is O=C(Cn1c(C(F)(F)F)nc2c(NC(=O)c3c(Cl)cccc3Cl)cccc21)NCc1cccc(C(F)(F)F)c1. The van der Waals surface area contributed by atoms with Crippen LogP contribution in [0.1, 0.15) is 27.3 Å². The maximum atomic E-state index is 13.9. The second-order valence-electron chi connectivity index (χ2n) is 8.22. The third-order valence-electron chi connectivity index (χ3n) is 5.52. The van der Waals surface area contributed by atoms with Crippen LogP contribution in [0.3, 0.4) is 0 Å². The Morgan fingerprint density at radius 1 is 0.872 bits per heavy atom. The number of rotatable bonds is 6. The van der Waals surface area contributed by atoms with E-state index >= 15 is 0 Å². The monoisotopic (exact) mass is 588 g/mol. The van der Waals surface area contributed by atoms with Crippen molar-refractivity contribution in [1.82, 2.24) is 14.9 Å². The predicted octanol–water partition coefficient (Wildman–Crippen LogP) is 6.95. The van der Waals surface area contributed by atoms with E-state index in [2.05, 4.69) is 15.6 Å². The summed E-state index contributed by atoms with van der Waals surface area (Å²) in [6, 6.07) is 12.5. The molecule has 14 heteroatoms. The van der Waals surface area contributed by atoms with Gasteiger partial charge in [0.2, 0.25) is 11.7 Å². The van der Waals surface area contributed by atoms with Crippen LogP contribution in [-0.2, 0) is 30.2 Å². The van der Waals surface area contributed by atoms with Crippen LogP contribution in [0, 0.1) is 0 Å². The summed E-state index contributed by atoms with van der Waals surface area (Å²) >= 11 is 12.1. The number of carbonyl (C=O) groups excluding carboxylic acids is 2. The van der Waals surface area contributed by atoms with Gasteiger partial charge in [-0.15, -0.1) is 0 Å². The summed E-state index contributed by atoms with van der Waals surface area (Å²) in [5.41, 5.74) is -1.40. The summed E-state index contributed by atoms with van der Waals surface area (Å²) in [7, 11) is 0. The highest BCUT2D eigenvalue weighted by molar-refractivity contribution is 6.40. The number of hydrogen-bond donors (Lipinski definition) is 2. The molecule has 0 fully saturated rings. The molecule has 3 aromatic carbocycles. The summed E-state index contributed by atoms with van der Waals surface area (Å²) in [5, 5.41) is 4.81. The quantitative estimate of drug-likeness (QED) is 0.239. The summed E-state index contributed by atoms with van der Waals surface area (Å²) in [4.78, 5) is 29.0. The number of para-hydroxylation sites is 1. The molecule has 0 atom stereocenters. The van der Waals surface area contributed by atoms with Crippen molar-refractivity contribution in [1.29, 1.82) is 0 Å². The van der Waals surface area contributed by atoms with E-state index in [1.165, 1.54) is 42.5 Å². The highest BCUT2D eigenvalue weighted by atomic mass is 35.5. The molecule has 0 radical (unpaired) electrons. The number of nitrogens with zero attached hydrogens (tertiary/aromatic N) is 2. The van der Waals surface area contributed by atoms with Gasteiger partial charge in [0.05, 0.1) is 32.4 Å². The molecular weight excluding hydrogens is 573 g/mol. The lowest BCUT2D eigenvalue weighted by Gasteiger charge is -2.13. The second-order valence-corrected chi connectivity index (χ2v) is 9.03. The zero-order valence-corrected chi connectivity index (χ0v) is 20.9. The standard InChI is InChI=1S/C25H16Cl2F6N4O2/c26-15-6-2-7-16(27)20(15)22(39)35-17-8-3-9-18-21(17)36-23(25(31,32)33)37(18)12-19(38)34-11-13-4-1-5-14(10-13)24(28,29)30/h1-10H,11-12H2,(H,34,38)(H,35,39). The zero-order chi connectivity index (χ0) is 28.5. The van der Waals surface area contributed by atoms with Crippen LogP contribution >= 0.6 is 23.2 Å². The molecule has 2 N–H and O–H groups in total. The van der Waals surface area contributed by atoms with Crippen LogP contribution in [0.2, 0.25) is 10.0 Å². The van der Waals surface area contributed by atoms with Gasteiger partial charge in [-0.3, -0.25) is 9.59 Å². The van der Waals surface area contributed by atoms with Crippen molar-refractivity contribution in [2.24, 2.45) is 0 Å². The molecule has 39 heavy (non-hydrogen) atoms. The molecule has 0 aliphatic carbocycles.